The monoisotopic (exact) mass is 253 g/mol. The van der Waals surface area contributed by atoms with Crippen LogP contribution in [-0.2, 0) is 0 Å². The van der Waals surface area contributed by atoms with Crippen LogP contribution in [0.25, 0.3) is 0 Å². The van der Waals surface area contributed by atoms with Crippen LogP contribution in [0.1, 0.15) is 6.92 Å². The molecule has 0 aromatic carbocycles. The number of aliphatic hydroxyl groups excluding tert-OH is 1. The quantitative estimate of drug-likeness (QED) is 0.539. The van der Waals surface area contributed by atoms with Gasteiger partial charge in [-0.15, -0.1) is 15.0 Å². The van der Waals surface area contributed by atoms with Gasteiger partial charge in [0.2, 0.25) is 0 Å². The minimum atomic E-state index is -1.05. The van der Waals surface area contributed by atoms with Crippen LogP contribution in [0, 0.1) is 0 Å². The Morgan fingerprint density at radius 1 is 1.06 bits per heavy atom. The van der Waals surface area contributed by atoms with E-state index in [4.69, 9.17) is 19.3 Å². The van der Waals surface area contributed by atoms with Gasteiger partial charge in [-0.1, -0.05) is 25.3 Å². The molecule has 7 heteroatoms. The van der Waals surface area contributed by atoms with Crippen LogP contribution in [0.15, 0.2) is 25.3 Å². The van der Waals surface area contributed by atoms with Crippen molar-refractivity contribution in [2.24, 2.45) is 0 Å². The van der Waals surface area contributed by atoms with E-state index in [0.717, 1.165) is 0 Å². The number of ether oxygens (including phenoxy) is 3. The van der Waals surface area contributed by atoms with Crippen molar-refractivity contribution in [3.63, 3.8) is 0 Å². The summed E-state index contributed by atoms with van der Waals surface area (Å²) in [6.45, 7) is 8.91. The van der Waals surface area contributed by atoms with Gasteiger partial charge in [-0.05, 0) is 6.92 Å². The maximum absolute atomic E-state index is 9.10. The lowest BCUT2D eigenvalue weighted by Gasteiger charge is -2.09. The molecule has 0 radical (unpaired) electrons. The van der Waals surface area contributed by atoms with Crippen molar-refractivity contribution in [3.05, 3.63) is 25.3 Å². The predicted octanol–water partition coefficient (Wildman–Crippen LogP) is 0.718. The van der Waals surface area contributed by atoms with Gasteiger partial charge in [-0.25, -0.2) is 0 Å². The summed E-state index contributed by atoms with van der Waals surface area (Å²) in [6.07, 6.45) is 2.04. The molecule has 0 bridgehead atoms. The topological polar surface area (TPSA) is 86.6 Å². The molecule has 1 unspecified atom stereocenters. The zero-order chi connectivity index (χ0) is 13.4. The van der Waals surface area contributed by atoms with Gasteiger partial charge in [0, 0.05) is 0 Å². The van der Waals surface area contributed by atoms with Gasteiger partial charge in [-0.3, -0.25) is 0 Å². The van der Waals surface area contributed by atoms with E-state index in [2.05, 4.69) is 28.1 Å². The first-order valence-electron chi connectivity index (χ1n) is 5.24. The fraction of sp³-hybridized carbons (Fsp3) is 0.364. The minimum Gasteiger partial charge on any atom is -0.459 e. The molecule has 1 heterocycles. The zero-order valence-electron chi connectivity index (χ0n) is 10.1. The summed E-state index contributed by atoms with van der Waals surface area (Å²) < 4.78 is 15.2. The first-order chi connectivity index (χ1) is 8.65. The van der Waals surface area contributed by atoms with Crippen LogP contribution in [-0.4, -0.2) is 39.6 Å². The Kier molecular flexibility index (Phi) is 5.59. The molecular weight excluding hydrogens is 238 g/mol. The molecule has 0 spiro atoms. The van der Waals surface area contributed by atoms with Gasteiger partial charge in [0.05, 0.1) is 0 Å². The van der Waals surface area contributed by atoms with Gasteiger partial charge in [0.25, 0.3) is 0 Å². The summed E-state index contributed by atoms with van der Waals surface area (Å²) in [5, 5.41) is 9.10. The molecule has 1 aromatic rings. The smallest absolute Gasteiger partial charge is 0.328 e. The number of hydrogen-bond donors (Lipinski definition) is 1. The molecule has 0 aliphatic rings. The molecule has 0 saturated heterocycles. The van der Waals surface area contributed by atoms with E-state index >= 15 is 0 Å². The second kappa shape index (κ2) is 7.23. The molecule has 0 saturated carbocycles. The van der Waals surface area contributed by atoms with Crippen molar-refractivity contribution in [2.75, 3.05) is 13.2 Å². The molecular formula is C11H15N3O4. The fourth-order valence-corrected chi connectivity index (χ4v) is 0.922. The van der Waals surface area contributed by atoms with E-state index in [-0.39, 0.29) is 31.2 Å². The van der Waals surface area contributed by atoms with Crippen LogP contribution >= 0.6 is 0 Å². The van der Waals surface area contributed by atoms with Crippen LogP contribution in [0.5, 0.6) is 18.0 Å². The summed E-state index contributed by atoms with van der Waals surface area (Å²) in [7, 11) is 0. The largest absolute Gasteiger partial charge is 0.459 e. The molecule has 18 heavy (non-hydrogen) atoms. The van der Waals surface area contributed by atoms with Crippen molar-refractivity contribution >= 4 is 0 Å². The molecule has 1 N–H and O–H groups in total. The van der Waals surface area contributed by atoms with Crippen molar-refractivity contribution in [3.8, 4) is 18.0 Å². The van der Waals surface area contributed by atoms with E-state index < -0.39 is 6.29 Å². The molecule has 0 aliphatic carbocycles. The Hall–Kier alpha value is -2.15. The van der Waals surface area contributed by atoms with Gasteiger partial charge < -0.3 is 19.3 Å². The lowest BCUT2D eigenvalue weighted by molar-refractivity contribution is -0.00852. The average molecular weight is 253 g/mol. The Balaban J connectivity index is 2.87. The number of nitrogens with zero attached hydrogens (tertiary/aromatic N) is 3. The third-order valence-corrected chi connectivity index (χ3v) is 1.51. The van der Waals surface area contributed by atoms with Gasteiger partial charge in [0.1, 0.15) is 13.2 Å². The average Bonchev–Trinajstić information content (AvgIpc) is 2.33. The summed E-state index contributed by atoms with van der Waals surface area (Å²) in [5.41, 5.74) is 0. The first kappa shape index (κ1) is 13.9. The normalized spacial score (nSPS) is 11.4. The molecule has 1 aromatic heterocycles. The van der Waals surface area contributed by atoms with Crippen molar-refractivity contribution in [1.29, 1.82) is 0 Å². The van der Waals surface area contributed by atoms with Crippen LogP contribution in [0.2, 0.25) is 0 Å². The number of hydrogen-bond acceptors (Lipinski definition) is 7. The summed E-state index contributed by atoms with van der Waals surface area (Å²) in [4.78, 5) is 11.6. The second-order valence-corrected chi connectivity index (χ2v) is 3.10. The summed E-state index contributed by atoms with van der Waals surface area (Å²) >= 11 is 0. The standard InChI is InChI=1S/C11H15N3O4/c1-4-6-16-9-12-10(17-7-5-2)14-11(13-9)18-8(3)15/h4-5,8,15H,1-2,6-7H2,3H3. The third kappa shape index (κ3) is 4.79. The van der Waals surface area contributed by atoms with E-state index in [1.807, 2.05) is 0 Å². The summed E-state index contributed by atoms with van der Waals surface area (Å²) in [5.74, 6) is 0. The van der Waals surface area contributed by atoms with Crippen molar-refractivity contribution in [1.82, 2.24) is 15.0 Å². The van der Waals surface area contributed by atoms with Crippen molar-refractivity contribution in [2.45, 2.75) is 13.2 Å². The van der Waals surface area contributed by atoms with Crippen LogP contribution in [0.4, 0.5) is 0 Å². The SMILES string of the molecule is C=CCOc1nc(OCC=C)nc(OC(C)O)n1. The third-order valence-electron chi connectivity index (χ3n) is 1.51. The Morgan fingerprint density at radius 3 is 1.89 bits per heavy atom. The molecule has 1 atom stereocenters. The lowest BCUT2D eigenvalue weighted by atomic mass is 10.7. The van der Waals surface area contributed by atoms with Gasteiger partial charge in [0.15, 0.2) is 6.29 Å². The Labute approximate surface area is 105 Å². The number of aromatic nitrogens is 3. The molecule has 7 nitrogen and oxygen atoms in total. The van der Waals surface area contributed by atoms with E-state index in [1.165, 1.54) is 6.92 Å². The predicted molar refractivity (Wildman–Crippen MR) is 63.5 cm³/mol. The molecule has 0 fully saturated rings. The Morgan fingerprint density at radius 2 is 1.50 bits per heavy atom. The number of rotatable bonds is 8. The molecule has 1 rings (SSSR count). The Bertz CT molecular complexity index is 379. The van der Waals surface area contributed by atoms with Crippen molar-refractivity contribution < 1.29 is 19.3 Å². The minimum absolute atomic E-state index is 0.0274. The zero-order valence-corrected chi connectivity index (χ0v) is 10.1. The highest BCUT2D eigenvalue weighted by Gasteiger charge is 2.11. The second-order valence-electron chi connectivity index (χ2n) is 3.10. The maximum atomic E-state index is 9.10. The van der Waals surface area contributed by atoms with E-state index in [1.54, 1.807) is 12.2 Å². The lowest BCUT2D eigenvalue weighted by Crippen LogP contribution is -2.14. The molecule has 0 aliphatic heterocycles. The highest BCUT2D eigenvalue weighted by Crippen LogP contribution is 2.15. The molecule has 0 amide bonds. The van der Waals surface area contributed by atoms with Crippen LogP contribution < -0.4 is 14.2 Å². The van der Waals surface area contributed by atoms with E-state index in [9.17, 15) is 0 Å². The van der Waals surface area contributed by atoms with E-state index in [0.29, 0.717) is 0 Å². The fourth-order valence-electron chi connectivity index (χ4n) is 0.922. The van der Waals surface area contributed by atoms with Gasteiger partial charge >= 0.3 is 18.0 Å². The maximum Gasteiger partial charge on any atom is 0.328 e. The first-order valence-corrected chi connectivity index (χ1v) is 5.24. The summed E-state index contributed by atoms with van der Waals surface area (Å²) in [6, 6.07) is -0.0302. The van der Waals surface area contributed by atoms with Crippen LogP contribution in [0.3, 0.4) is 0 Å². The highest BCUT2D eigenvalue weighted by atomic mass is 16.6. The molecule has 98 valence electrons. The van der Waals surface area contributed by atoms with Gasteiger partial charge in [-0.2, -0.15) is 0 Å². The highest BCUT2D eigenvalue weighted by molar-refractivity contribution is 5.09. The number of aliphatic hydroxyl groups is 1.